The van der Waals surface area contributed by atoms with E-state index in [1.54, 1.807) is 12.1 Å². The van der Waals surface area contributed by atoms with E-state index in [0.717, 1.165) is 36.4 Å². The third kappa shape index (κ3) is 5.32. The van der Waals surface area contributed by atoms with Crippen LogP contribution in [0.4, 0.5) is 10.1 Å². The molecule has 0 radical (unpaired) electrons. The van der Waals surface area contributed by atoms with Crippen molar-refractivity contribution in [2.75, 3.05) is 24.7 Å². The number of hydrogen-bond donors (Lipinski definition) is 1. The summed E-state index contributed by atoms with van der Waals surface area (Å²) in [5.41, 5.74) is 5.97. The molecule has 1 N–H and O–H groups in total. The van der Waals surface area contributed by atoms with Crippen molar-refractivity contribution >= 4 is 11.6 Å². The van der Waals surface area contributed by atoms with E-state index in [1.165, 1.54) is 23.4 Å². The highest BCUT2D eigenvalue weighted by Gasteiger charge is 2.19. The molecule has 3 aromatic rings. The molecule has 1 aromatic heterocycles. The van der Waals surface area contributed by atoms with Gasteiger partial charge in [0.25, 0.3) is 0 Å². The van der Waals surface area contributed by atoms with Crippen LogP contribution < -0.4 is 10.2 Å². The van der Waals surface area contributed by atoms with Crippen molar-refractivity contribution < 1.29 is 13.9 Å². The SMILES string of the molecule is Cc1cc(N2CCOC[C@@H]2C)ccc1-c1ccc(CC(=O)NCc2cccc(F)c2)nc1. The molecule has 5 nitrogen and oxygen atoms in total. The first-order valence-electron chi connectivity index (χ1n) is 10.9. The van der Waals surface area contributed by atoms with E-state index in [9.17, 15) is 9.18 Å². The molecule has 1 aliphatic heterocycles. The number of pyridine rings is 1. The van der Waals surface area contributed by atoms with Gasteiger partial charge in [0.2, 0.25) is 5.91 Å². The van der Waals surface area contributed by atoms with Crippen molar-refractivity contribution in [1.82, 2.24) is 10.3 Å². The summed E-state index contributed by atoms with van der Waals surface area (Å²) in [6, 6.07) is 17.0. The standard InChI is InChI=1S/C26H28FN3O2/c1-18-12-24(30-10-11-32-17-19(30)2)8-9-25(18)21-6-7-23(28-16-21)14-26(31)29-15-20-4-3-5-22(27)13-20/h3-9,12-13,16,19H,10-11,14-15,17H2,1-2H3,(H,29,31)/t19-/m0/s1. The molecule has 1 amide bonds. The number of carbonyl (C=O) groups excluding carboxylic acids is 1. The van der Waals surface area contributed by atoms with Crippen LogP contribution >= 0.6 is 0 Å². The number of nitrogens with zero attached hydrogens (tertiary/aromatic N) is 2. The number of hydrogen-bond acceptors (Lipinski definition) is 4. The number of benzene rings is 2. The monoisotopic (exact) mass is 433 g/mol. The predicted molar refractivity (Wildman–Crippen MR) is 124 cm³/mol. The summed E-state index contributed by atoms with van der Waals surface area (Å²) in [5.74, 6) is -0.452. The second-order valence-corrected chi connectivity index (χ2v) is 8.24. The van der Waals surface area contributed by atoms with E-state index < -0.39 is 0 Å². The zero-order valence-corrected chi connectivity index (χ0v) is 18.5. The molecule has 6 heteroatoms. The molecule has 32 heavy (non-hydrogen) atoms. The zero-order chi connectivity index (χ0) is 22.5. The van der Waals surface area contributed by atoms with Crippen LogP contribution in [0.3, 0.4) is 0 Å². The van der Waals surface area contributed by atoms with Gasteiger partial charge in [-0.15, -0.1) is 0 Å². The summed E-state index contributed by atoms with van der Waals surface area (Å²) in [7, 11) is 0. The number of carbonyl (C=O) groups is 1. The number of rotatable bonds is 6. The Morgan fingerprint density at radius 3 is 2.81 bits per heavy atom. The summed E-state index contributed by atoms with van der Waals surface area (Å²) >= 11 is 0. The minimum Gasteiger partial charge on any atom is -0.377 e. The van der Waals surface area contributed by atoms with Crippen molar-refractivity contribution in [3.63, 3.8) is 0 Å². The van der Waals surface area contributed by atoms with Crippen LogP contribution in [0.1, 0.15) is 23.7 Å². The third-order valence-electron chi connectivity index (χ3n) is 5.77. The quantitative estimate of drug-likeness (QED) is 0.631. The van der Waals surface area contributed by atoms with Crippen LogP contribution in [0, 0.1) is 12.7 Å². The highest BCUT2D eigenvalue weighted by molar-refractivity contribution is 5.78. The van der Waals surface area contributed by atoms with Crippen LogP contribution in [0.2, 0.25) is 0 Å². The fourth-order valence-corrected chi connectivity index (χ4v) is 4.02. The Kier molecular flexibility index (Phi) is 6.81. The van der Waals surface area contributed by atoms with Crippen LogP contribution in [0.25, 0.3) is 11.1 Å². The lowest BCUT2D eigenvalue weighted by Crippen LogP contribution is -2.43. The van der Waals surface area contributed by atoms with E-state index in [0.29, 0.717) is 18.3 Å². The van der Waals surface area contributed by atoms with Crippen molar-refractivity contribution in [3.8, 4) is 11.1 Å². The van der Waals surface area contributed by atoms with Gasteiger partial charge in [0.15, 0.2) is 0 Å². The number of nitrogens with one attached hydrogen (secondary N) is 1. The number of aromatic nitrogens is 1. The van der Waals surface area contributed by atoms with Gasteiger partial charge < -0.3 is 15.0 Å². The molecule has 2 aromatic carbocycles. The van der Waals surface area contributed by atoms with Crippen molar-refractivity contribution in [2.24, 2.45) is 0 Å². The second-order valence-electron chi connectivity index (χ2n) is 8.24. The van der Waals surface area contributed by atoms with E-state index in [-0.39, 0.29) is 18.1 Å². The first-order chi connectivity index (χ1) is 15.5. The molecule has 166 valence electrons. The zero-order valence-electron chi connectivity index (χ0n) is 18.5. The lowest BCUT2D eigenvalue weighted by molar-refractivity contribution is -0.120. The molecule has 0 aliphatic carbocycles. The number of aryl methyl sites for hydroxylation is 1. The number of anilines is 1. The van der Waals surface area contributed by atoms with E-state index in [2.05, 4.69) is 47.2 Å². The Labute approximate surface area is 188 Å². The Bertz CT molecular complexity index is 1080. The Morgan fingerprint density at radius 2 is 2.09 bits per heavy atom. The van der Waals surface area contributed by atoms with Gasteiger partial charge in [-0.05, 0) is 60.9 Å². The molecule has 1 aliphatic rings. The van der Waals surface area contributed by atoms with Crippen molar-refractivity contribution in [2.45, 2.75) is 32.9 Å². The average molecular weight is 434 g/mol. The molecule has 0 bridgehead atoms. The molecule has 1 atom stereocenters. The summed E-state index contributed by atoms with van der Waals surface area (Å²) < 4.78 is 18.8. The van der Waals surface area contributed by atoms with Crippen LogP contribution in [0.15, 0.2) is 60.8 Å². The Balaban J connectivity index is 1.38. The number of halogens is 1. The summed E-state index contributed by atoms with van der Waals surface area (Å²) in [5, 5.41) is 2.81. The lowest BCUT2D eigenvalue weighted by Gasteiger charge is -2.35. The van der Waals surface area contributed by atoms with Gasteiger partial charge in [-0.2, -0.15) is 0 Å². The van der Waals surface area contributed by atoms with Gasteiger partial charge in [-0.25, -0.2) is 4.39 Å². The predicted octanol–water partition coefficient (Wildman–Crippen LogP) is 4.28. The van der Waals surface area contributed by atoms with Gasteiger partial charge >= 0.3 is 0 Å². The smallest absolute Gasteiger partial charge is 0.226 e. The van der Waals surface area contributed by atoms with Gasteiger partial charge in [0.05, 0.1) is 19.6 Å². The van der Waals surface area contributed by atoms with Crippen molar-refractivity contribution in [3.05, 3.63) is 83.4 Å². The van der Waals surface area contributed by atoms with Crippen LogP contribution in [-0.2, 0) is 22.5 Å². The van der Waals surface area contributed by atoms with Gasteiger partial charge in [0, 0.05) is 42.3 Å². The number of amides is 1. The Hall–Kier alpha value is -3.25. The molecule has 1 fully saturated rings. The first kappa shape index (κ1) is 22.0. The highest BCUT2D eigenvalue weighted by atomic mass is 19.1. The maximum absolute atomic E-state index is 13.2. The lowest BCUT2D eigenvalue weighted by atomic mass is 10.00. The molecule has 0 spiro atoms. The maximum Gasteiger partial charge on any atom is 0.226 e. The normalized spacial score (nSPS) is 16.1. The Morgan fingerprint density at radius 1 is 1.22 bits per heavy atom. The van der Waals surface area contributed by atoms with Gasteiger partial charge in [-0.1, -0.05) is 24.3 Å². The molecule has 4 rings (SSSR count). The largest absolute Gasteiger partial charge is 0.377 e. The summed E-state index contributed by atoms with van der Waals surface area (Å²) in [6.07, 6.45) is 2.00. The minimum absolute atomic E-state index is 0.144. The van der Waals surface area contributed by atoms with Crippen LogP contribution in [-0.4, -0.2) is 36.7 Å². The second kappa shape index (κ2) is 9.92. The molecule has 0 saturated carbocycles. The summed E-state index contributed by atoms with van der Waals surface area (Å²) in [4.78, 5) is 19.1. The third-order valence-corrected chi connectivity index (χ3v) is 5.77. The fraction of sp³-hybridized carbons (Fsp3) is 0.308. The van der Waals surface area contributed by atoms with Crippen molar-refractivity contribution in [1.29, 1.82) is 0 Å². The summed E-state index contributed by atoms with van der Waals surface area (Å²) in [6.45, 7) is 6.99. The molecule has 0 unspecified atom stereocenters. The van der Waals surface area contributed by atoms with Crippen LogP contribution in [0.5, 0.6) is 0 Å². The topological polar surface area (TPSA) is 54.5 Å². The molecule has 1 saturated heterocycles. The maximum atomic E-state index is 13.2. The fourth-order valence-electron chi connectivity index (χ4n) is 4.02. The average Bonchev–Trinajstić information content (AvgIpc) is 2.79. The molecule has 2 heterocycles. The number of morpholine rings is 1. The minimum atomic E-state index is -0.309. The molecular weight excluding hydrogens is 405 g/mol. The number of ether oxygens (including phenoxy) is 1. The van der Waals surface area contributed by atoms with E-state index in [4.69, 9.17) is 4.74 Å². The first-order valence-corrected chi connectivity index (χ1v) is 10.9. The molecular formula is C26H28FN3O2. The van der Waals surface area contributed by atoms with E-state index in [1.807, 2.05) is 18.3 Å². The van der Waals surface area contributed by atoms with Gasteiger partial charge in [-0.3, -0.25) is 9.78 Å². The van der Waals surface area contributed by atoms with Gasteiger partial charge in [0.1, 0.15) is 5.82 Å². The van der Waals surface area contributed by atoms with E-state index >= 15 is 0 Å². The highest BCUT2D eigenvalue weighted by Crippen LogP contribution is 2.28.